The molecule has 18 fully saturated rings. The highest BCUT2D eigenvalue weighted by atomic mass is 16.6. The van der Waals surface area contributed by atoms with Crippen LogP contribution in [0.5, 0.6) is 0 Å². The highest BCUT2D eigenvalue weighted by molar-refractivity contribution is 5.91. The quantitative estimate of drug-likeness (QED) is 0.0640. The average Bonchev–Trinajstić information content (AvgIpc) is 1.57. The maximum absolute atomic E-state index is 13.0. The van der Waals surface area contributed by atoms with E-state index >= 15 is 0 Å². The van der Waals surface area contributed by atoms with Gasteiger partial charge in [0.2, 0.25) is 0 Å². The zero-order chi connectivity index (χ0) is 93.2. The fraction of sp³-hybridized carbons (Fsp3) is 0.861. The number of fused-ring (bicyclic) bond motifs is 5. The highest BCUT2D eigenvalue weighted by Crippen LogP contribution is 2.65. The predicted octanol–water partition coefficient (Wildman–Crippen LogP) is 19.2. The molecule has 0 aromatic carbocycles. The Morgan fingerprint density at radius 2 is 0.507 bits per heavy atom. The van der Waals surface area contributed by atoms with Crippen LogP contribution in [0.1, 0.15) is 360 Å². The summed E-state index contributed by atoms with van der Waals surface area (Å²) in [6.07, 6.45) is 14.8. The van der Waals surface area contributed by atoms with Crippen molar-refractivity contribution in [2.24, 2.45) is 145 Å². The first-order valence-corrected chi connectivity index (χ1v) is 48.2. The summed E-state index contributed by atoms with van der Waals surface area (Å²) in [5.74, 6) is -11.0. The van der Waals surface area contributed by atoms with Crippen LogP contribution in [0, 0.1) is 145 Å². The van der Waals surface area contributed by atoms with E-state index in [4.69, 9.17) is 71.1 Å². The third-order valence-corrected chi connectivity index (χ3v) is 33.6. The van der Waals surface area contributed by atoms with Gasteiger partial charge in [0, 0.05) is 59.2 Å². The highest BCUT2D eigenvalue weighted by Gasteiger charge is 2.76. The van der Waals surface area contributed by atoms with Crippen molar-refractivity contribution < 1.29 is 143 Å². The fourth-order valence-electron chi connectivity index (χ4n) is 24.3. The summed E-state index contributed by atoms with van der Waals surface area (Å²) >= 11 is 0. The second-order valence-corrected chi connectivity index (χ2v) is 44.5. The molecule has 18 aliphatic rings. The Morgan fingerprint density at radius 3 is 0.732 bits per heavy atom. The van der Waals surface area contributed by atoms with Gasteiger partial charge in [-0.3, -0.25) is 71.9 Å². The molecule has 0 radical (unpaired) electrons. The molecule has 30 unspecified atom stereocenters. The van der Waals surface area contributed by atoms with Crippen molar-refractivity contribution in [3.8, 4) is 0 Å². The van der Waals surface area contributed by atoms with E-state index < -0.39 is 164 Å². The molecule has 5 aliphatic heterocycles. The zero-order valence-corrected chi connectivity index (χ0v) is 78.7. The number of hydrogen-bond acceptors (Lipinski definition) is 30. The van der Waals surface area contributed by atoms with E-state index in [0.29, 0.717) is 64.2 Å². The monoisotopic (exact) mass is 1960 g/mol. The van der Waals surface area contributed by atoms with Crippen LogP contribution in [0.2, 0.25) is 0 Å². The second-order valence-electron chi connectivity index (χ2n) is 44.5. The minimum Gasteiger partial charge on any atom is -0.466 e. The topological polar surface area (TPSA) is 394 Å². The summed E-state index contributed by atoms with van der Waals surface area (Å²) in [6, 6.07) is 0. The number of ether oxygens (including phenoxy) is 15. The Balaban J connectivity index is 0.000000354. The van der Waals surface area contributed by atoms with E-state index in [2.05, 4.69) is 0 Å². The molecule has 138 heavy (non-hydrogen) atoms. The molecule has 5 saturated heterocycles. The van der Waals surface area contributed by atoms with E-state index in [1.807, 2.05) is 111 Å². The first-order valence-electron chi connectivity index (χ1n) is 48.2. The summed E-state index contributed by atoms with van der Waals surface area (Å²) in [6.45, 7) is 37.5. The van der Waals surface area contributed by atoms with E-state index in [9.17, 15) is 71.9 Å². The van der Waals surface area contributed by atoms with Crippen LogP contribution >= 0.6 is 0 Å². The van der Waals surface area contributed by atoms with Gasteiger partial charge in [0.05, 0.1) is 92.9 Å². The lowest BCUT2D eigenvalue weighted by molar-refractivity contribution is -0.177. The van der Waals surface area contributed by atoms with Gasteiger partial charge in [0.15, 0.2) is 0 Å². The van der Waals surface area contributed by atoms with Gasteiger partial charge in [-0.15, -0.1) is 0 Å². The summed E-state index contributed by atoms with van der Waals surface area (Å²) in [4.78, 5) is 188. The Hall–Kier alpha value is -7.95. The summed E-state index contributed by atoms with van der Waals surface area (Å²) in [7, 11) is 0. The molecule has 30 heteroatoms. The van der Waals surface area contributed by atoms with E-state index in [1.54, 1.807) is 27.7 Å². The van der Waals surface area contributed by atoms with Crippen molar-refractivity contribution in [1.82, 2.24) is 0 Å². The molecule has 0 amide bonds. The largest absolute Gasteiger partial charge is 0.466 e. The van der Waals surface area contributed by atoms with Crippen molar-refractivity contribution >= 4 is 89.5 Å². The van der Waals surface area contributed by atoms with Gasteiger partial charge < -0.3 is 71.1 Å². The molecule has 30 nitrogen and oxygen atoms in total. The predicted molar refractivity (Wildman–Crippen MR) is 516 cm³/mol. The summed E-state index contributed by atoms with van der Waals surface area (Å²) in [5.41, 5.74) is -4.05. The SMILES string of the molecule is C.C.C.C.C.C.C.C.C.C.CCC(C)(C)C(=O)OC1C2CC3C1OC(=O)C3C2C(=O)OC(C)(C)C.CCC(C)(C)C(=O)OC1C2CC3C1OC(=O)C3C2C(=O)OC1(C)CCCC1.CCC(C)(C)C(=O)OC1C2CC3C1OC(=O)C3C2C(=O)OC1CCCC1.CCC(C)(C)C(=O)OC1C2CC3C1OC(=O)C3C2C(=O)OC1CCCCC1.CCOC(=O)C1C2CC3C(OC(=O)C31)C2OC(=O)C(C)(C)CC. The molecule has 792 valence electrons. The lowest BCUT2D eigenvalue weighted by atomic mass is 9.78. The van der Waals surface area contributed by atoms with Gasteiger partial charge in [-0.25, -0.2) is 0 Å². The van der Waals surface area contributed by atoms with Crippen LogP contribution < -0.4 is 0 Å². The van der Waals surface area contributed by atoms with Crippen molar-refractivity contribution in [1.29, 1.82) is 0 Å². The maximum Gasteiger partial charge on any atom is 0.311 e. The van der Waals surface area contributed by atoms with Gasteiger partial charge in [-0.2, -0.15) is 0 Å². The number of esters is 15. The van der Waals surface area contributed by atoms with Gasteiger partial charge in [-0.05, 0) is 245 Å². The van der Waals surface area contributed by atoms with Crippen LogP contribution in [0.15, 0.2) is 0 Å². The molecule has 10 bridgehead atoms. The number of rotatable bonds is 24. The standard InChI is InChI=1S/2C21H30O6.C20H28O6.C19H28O6.C17H24O6.10CH4/c1-5-20(2,3)19(24)26-16-12-10-11-13(17(22)25-15(11)16)14(12)18(23)27-21(4)8-6-7-9-21;1-4-21(2,3)20(24)27-17-13-10-12-15(19(23)26-16(12)17)14(13)18(22)25-11-8-6-5-7-9-11;1-4-20(2,3)19(23)26-16-12-9-11-14(18(22)25-15(11)16)13(12)17(21)24-10-7-5-6-8-10;1-7-19(5,6)17(22)24-14-10-8-9-11(15(20)23-13(9)14)12(10)16(21)25-18(2,3)4;1-5-17(3,4)16(20)23-13-8-7-9-11(15(19)22-12(9)13)10(8)14(18)21-6-2;;;;;;;;;;/h11-16H,5-10H2,1-4H3;11-17H,4-10H2,1-3H3;10-16H,4-9H2,1-3H3;9-14H,7-8H2,1-6H3;8-13H,5-7H2,1-4H3;10*1H4. The van der Waals surface area contributed by atoms with Crippen LogP contribution in [-0.2, 0) is 143 Å². The number of hydrogen-bond donors (Lipinski definition) is 0. The van der Waals surface area contributed by atoms with Crippen LogP contribution in [0.4, 0.5) is 0 Å². The van der Waals surface area contributed by atoms with E-state index in [1.165, 1.54) is 6.42 Å². The Kier molecular flexibility index (Phi) is 40.9. The lowest BCUT2D eigenvalue weighted by Gasteiger charge is -2.34. The normalized spacial score (nSPS) is 35.1. The molecule has 30 atom stereocenters. The minimum absolute atomic E-state index is 0. The molecule has 0 spiro atoms. The second kappa shape index (κ2) is 46.2. The fourth-order valence-corrected chi connectivity index (χ4v) is 24.3. The molecule has 13 saturated carbocycles. The minimum atomic E-state index is -0.628. The Morgan fingerprint density at radius 1 is 0.290 bits per heavy atom. The average molecular weight is 1960 g/mol. The number of carbonyl (C=O) groups excluding carboxylic acids is 15. The summed E-state index contributed by atoms with van der Waals surface area (Å²) < 4.78 is 84.5. The first kappa shape index (κ1) is 122. The third kappa shape index (κ3) is 22.7. The van der Waals surface area contributed by atoms with Crippen molar-refractivity contribution in [3.05, 3.63) is 0 Å². The molecular weight excluding hydrogens is 1780 g/mol. The summed E-state index contributed by atoms with van der Waals surface area (Å²) in [5, 5.41) is 0. The first-order chi connectivity index (χ1) is 60.1. The lowest BCUT2D eigenvalue weighted by Crippen LogP contribution is -2.46. The van der Waals surface area contributed by atoms with Crippen LogP contribution in [0.25, 0.3) is 0 Å². The van der Waals surface area contributed by atoms with Crippen molar-refractivity contribution in [3.63, 3.8) is 0 Å². The number of carbonyl (C=O) groups is 15. The molecule has 18 rings (SSSR count). The molecule has 5 heterocycles. The van der Waals surface area contributed by atoms with E-state index in [-0.39, 0.29) is 236 Å². The van der Waals surface area contributed by atoms with Gasteiger partial charge >= 0.3 is 89.5 Å². The molecular formula is C108H180O30. The maximum atomic E-state index is 13.0. The smallest absolute Gasteiger partial charge is 0.311 e. The Labute approximate surface area is 825 Å². The molecule has 0 N–H and O–H groups in total. The van der Waals surface area contributed by atoms with Crippen molar-refractivity contribution in [2.75, 3.05) is 6.61 Å². The van der Waals surface area contributed by atoms with Crippen LogP contribution in [-0.4, -0.2) is 181 Å². The van der Waals surface area contributed by atoms with Gasteiger partial charge in [-0.1, -0.05) is 115 Å². The van der Waals surface area contributed by atoms with E-state index in [0.717, 1.165) is 77.0 Å². The zero-order valence-electron chi connectivity index (χ0n) is 78.7. The molecule has 0 aromatic rings. The Bertz CT molecular complexity index is 4300. The van der Waals surface area contributed by atoms with Gasteiger partial charge in [0.1, 0.15) is 84.4 Å². The third-order valence-electron chi connectivity index (χ3n) is 33.6. The molecule has 0 aromatic heterocycles. The molecule has 13 aliphatic carbocycles. The van der Waals surface area contributed by atoms with Crippen molar-refractivity contribution in [2.45, 2.75) is 445 Å². The van der Waals surface area contributed by atoms with Crippen LogP contribution in [0.3, 0.4) is 0 Å². The van der Waals surface area contributed by atoms with Gasteiger partial charge in [0.25, 0.3) is 0 Å².